The van der Waals surface area contributed by atoms with Crippen molar-refractivity contribution in [2.24, 2.45) is 0 Å². The molecule has 1 atom stereocenters. The fourth-order valence-corrected chi connectivity index (χ4v) is 3.50. The Labute approximate surface area is 140 Å². The summed E-state index contributed by atoms with van der Waals surface area (Å²) in [6, 6.07) is 11.7. The van der Waals surface area contributed by atoms with Crippen LogP contribution in [0.15, 0.2) is 46.9 Å². The van der Waals surface area contributed by atoms with E-state index in [9.17, 15) is 10.1 Å². The Kier molecular flexibility index (Phi) is 4.80. The van der Waals surface area contributed by atoms with Gasteiger partial charge in [-0.3, -0.25) is 4.79 Å². The van der Waals surface area contributed by atoms with Crippen molar-refractivity contribution >= 4 is 28.9 Å². The number of thioether (sulfide) groups is 1. The number of aromatic nitrogens is 4. The molecular weight excluding hydrogens is 330 g/mol. The summed E-state index contributed by atoms with van der Waals surface area (Å²) in [7, 11) is 0. The van der Waals surface area contributed by atoms with Crippen LogP contribution in [0.5, 0.6) is 0 Å². The lowest BCUT2D eigenvalue weighted by Crippen LogP contribution is -2.13. The number of Topliss-reactive ketones (excluding diaryl/α,β-unsaturated/α-hetero) is 1. The van der Waals surface area contributed by atoms with E-state index in [0.717, 1.165) is 11.3 Å². The van der Waals surface area contributed by atoms with E-state index in [2.05, 4.69) is 26.5 Å². The summed E-state index contributed by atoms with van der Waals surface area (Å²) in [5.41, 5.74) is 1.75. The van der Waals surface area contributed by atoms with Crippen LogP contribution >= 0.6 is 23.1 Å². The number of nitrogens with zero attached hydrogens (tertiary/aromatic N) is 4. The first-order valence-corrected chi connectivity index (χ1v) is 8.56. The molecule has 3 rings (SSSR count). The van der Waals surface area contributed by atoms with Crippen molar-refractivity contribution in [1.82, 2.24) is 20.4 Å². The van der Waals surface area contributed by atoms with E-state index in [1.54, 1.807) is 0 Å². The summed E-state index contributed by atoms with van der Waals surface area (Å²) in [6.45, 7) is 0. The molecule has 0 aliphatic carbocycles. The molecule has 2 aromatic heterocycles. The van der Waals surface area contributed by atoms with Gasteiger partial charge in [0.1, 0.15) is 10.0 Å². The topological polar surface area (TPSA) is 95.3 Å². The van der Waals surface area contributed by atoms with Crippen LogP contribution in [-0.4, -0.2) is 31.9 Å². The van der Waals surface area contributed by atoms with Crippen molar-refractivity contribution < 1.29 is 4.79 Å². The average molecular weight is 341 g/mol. The van der Waals surface area contributed by atoms with Crippen LogP contribution in [0.3, 0.4) is 0 Å². The molecule has 0 aliphatic rings. The summed E-state index contributed by atoms with van der Waals surface area (Å²) >= 11 is 2.58. The van der Waals surface area contributed by atoms with Gasteiger partial charge in [0.2, 0.25) is 0 Å². The Hall–Kier alpha value is -2.50. The van der Waals surface area contributed by atoms with Gasteiger partial charge in [-0.05, 0) is 0 Å². The van der Waals surface area contributed by atoms with E-state index in [0.29, 0.717) is 10.0 Å². The van der Waals surface area contributed by atoms with Crippen LogP contribution in [0.1, 0.15) is 10.9 Å². The number of aromatic amines is 1. The monoisotopic (exact) mass is 341 g/mol. The van der Waals surface area contributed by atoms with E-state index in [-0.39, 0.29) is 11.5 Å². The van der Waals surface area contributed by atoms with E-state index in [1.807, 2.05) is 35.7 Å². The zero-order valence-electron chi connectivity index (χ0n) is 11.8. The van der Waals surface area contributed by atoms with Gasteiger partial charge in [-0.2, -0.15) is 15.6 Å². The second kappa shape index (κ2) is 7.17. The fraction of sp³-hybridized carbons (Fsp3) is 0.133. The third-order valence-electron chi connectivity index (χ3n) is 3.04. The molecule has 8 heteroatoms. The number of ketones is 1. The number of carbonyl (C=O) groups is 1. The van der Waals surface area contributed by atoms with Gasteiger partial charge in [0.25, 0.3) is 0 Å². The molecule has 0 spiro atoms. The van der Waals surface area contributed by atoms with Gasteiger partial charge in [0.05, 0.1) is 23.7 Å². The van der Waals surface area contributed by atoms with Crippen LogP contribution in [-0.2, 0) is 4.79 Å². The van der Waals surface area contributed by atoms with Crippen molar-refractivity contribution in [2.75, 3.05) is 5.75 Å². The minimum Gasteiger partial charge on any atom is -0.297 e. The zero-order chi connectivity index (χ0) is 16.1. The summed E-state index contributed by atoms with van der Waals surface area (Å²) in [5.74, 6) is -0.878. The maximum atomic E-state index is 12.3. The van der Waals surface area contributed by atoms with Crippen LogP contribution < -0.4 is 0 Å². The van der Waals surface area contributed by atoms with Gasteiger partial charge in [-0.15, -0.1) is 16.4 Å². The summed E-state index contributed by atoms with van der Waals surface area (Å²) < 4.78 is 0. The van der Waals surface area contributed by atoms with Crippen LogP contribution in [0.25, 0.3) is 11.3 Å². The molecule has 0 bridgehead atoms. The molecule has 0 saturated carbocycles. The van der Waals surface area contributed by atoms with E-state index in [1.165, 1.54) is 29.3 Å². The smallest absolute Gasteiger partial charge is 0.167 e. The Morgan fingerprint density at radius 2 is 2.22 bits per heavy atom. The molecule has 0 fully saturated rings. The normalized spacial score (nSPS) is 11.8. The van der Waals surface area contributed by atoms with E-state index < -0.39 is 5.92 Å². The van der Waals surface area contributed by atoms with Crippen molar-refractivity contribution in [3.63, 3.8) is 0 Å². The molecule has 23 heavy (non-hydrogen) atoms. The van der Waals surface area contributed by atoms with Crippen LogP contribution in [0, 0.1) is 11.3 Å². The minimum absolute atomic E-state index is 0.158. The maximum absolute atomic E-state index is 12.3. The first-order chi connectivity index (χ1) is 11.3. The number of nitrogens with one attached hydrogen (secondary N) is 1. The number of H-pyrrole nitrogens is 1. The third-order valence-corrected chi connectivity index (χ3v) is 4.88. The average Bonchev–Trinajstić information content (AvgIpc) is 3.26. The molecule has 114 valence electrons. The van der Waals surface area contributed by atoms with Crippen molar-refractivity contribution in [2.45, 2.75) is 10.9 Å². The molecule has 3 aromatic rings. The highest BCUT2D eigenvalue weighted by atomic mass is 32.2. The molecule has 0 saturated heterocycles. The number of carbonyl (C=O) groups excluding carboxylic acids is 1. The molecule has 0 amide bonds. The molecule has 6 nitrogen and oxygen atoms in total. The van der Waals surface area contributed by atoms with E-state index in [4.69, 9.17) is 0 Å². The van der Waals surface area contributed by atoms with Gasteiger partial charge in [0, 0.05) is 10.9 Å². The quantitative estimate of drug-likeness (QED) is 0.693. The number of nitriles is 1. The predicted octanol–water partition coefficient (Wildman–Crippen LogP) is 2.90. The maximum Gasteiger partial charge on any atom is 0.167 e. The molecule has 1 aromatic carbocycles. The standard InChI is InChI=1S/C15H11N5OS2/c16-6-11(13(21)9-22-14-7-17-20-19-14)15-18-12(8-23-15)10-4-2-1-3-5-10/h1-5,7-8,11H,9H2,(H,17,19,20)/t11-/m0/s1. The second-order valence-electron chi connectivity index (χ2n) is 4.56. The van der Waals surface area contributed by atoms with Gasteiger partial charge in [-0.1, -0.05) is 42.1 Å². The Morgan fingerprint density at radius 1 is 1.39 bits per heavy atom. The summed E-state index contributed by atoms with van der Waals surface area (Å²) in [6.07, 6.45) is 1.54. The highest BCUT2D eigenvalue weighted by Gasteiger charge is 2.24. The third kappa shape index (κ3) is 3.64. The molecule has 0 aliphatic heterocycles. The van der Waals surface area contributed by atoms with Gasteiger partial charge >= 0.3 is 0 Å². The molecule has 2 heterocycles. The second-order valence-corrected chi connectivity index (χ2v) is 6.45. The lowest BCUT2D eigenvalue weighted by Gasteiger charge is -2.03. The van der Waals surface area contributed by atoms with Crippen molar-refractivity contribution in [3.8, 4) is 17.3 Å². The molecule has 0 unspecified atom stereocenters. The Bertz CT molecular complexity index is 823. The zero-order valence-corrected chi connectivity index (χ0v) is 13.5. The first kappa shape index (κ1) is 15.4. The van der Waals surface area contributed by atoms with Crippen molar-refractivity contribution in [3.05, 3.63) is 46.9 Å². The summed E-state index contributed by atoms with van der Waals surface area (Å²) in [4.78, 5) is 16.7. The Morgan fingerprint density at radius 3 is 2.91 bits per heavy atom. The lowest BCUT2D eigenvalue weighted by molar-refractivity contribution is -0.116. The molecule has 1 N–H and O–H groups in total. The van der Waals surface area contributed by atoms with Crippen molar-refractivity contribution in [1.29, 1.82) is 5.26 Å². The first-order valence-electron chi connectivity index (χ1n) is 6.69. The van der Waals surface area contributed by atoms with Crippen LogP contribution in [0.4, 0.5) is 0 Å². The minimum atomic E-state index is -0.850. The number of hydrogen-bond donors (Lipinski definition) is 1. The fourth-order valence-electron chi connectivity index (χ4n) is 1.92. The van der Waals surface area contributed by atoms with Gasteiger partial charge in [0.15, 0.2) is 11.7 Å². The molecule has 0 radical (unpaired) electrons. The Balaban J connectivity index is 1.72. The van der Waals surface area contributed by atoms with E-state index >= 15 is 0 Å². The number of hydrogen-bond acceptors (Lipinski definition) is 7. The number of benzene rings is 1. The van der Waals surface area contributed by atoms with Gasteiger partial charge in [-0.25, -0.2) is 4.98 Å². The predicted molar refractivity (Wildman–Crippen MR) is 88.0 cm³/mol. The van der Waals surface area contributed by atoms with Gasteiger partial charge < -0.3 is 0 Å². The number of thiazole rings is 1. The molecular formula is C15H11N5OS2. The number of rotatable bonds is 6. The lowest BCUT2D eigenvalue weighted by atomic mass is 10.1. The highest BCUT2D eigenvalue weighted by molar-refractivity contribution is 7.99. The van der Waals surface area contributed by atoms with Crippen LogP contribution in [0.2, 0.25) is 0 Å². The highest BCUT2D eigenvalue weighted by Crippen LogP contribution is 2.28. The SMILES string of the molecule is N#C[C@@H](C(=O)CSc1cn[nH]n1)c1nc(-c2ccccc2)cs1. The largest absolute Gasteiger partial charge is 0.297 e. The summed E-state index contributed by atoms with van der Waals surface area (Å²) in [5, 5.41) is 22.4.